The van der Waals surface area contributed by atoms with Crippen LogP contribution in [0.5, 0.6) is 0 Å². The van der Waals surface area contributed by atoms with Crippen LogP contribution in [-0.2, 0) is 16.1 Å². The maximum atomic E-state index is 12.5. The van der Waals surface area contributed by atoms with Crippen molar-refractivity contribution in [2.75, 3.05) is 0 Å². The number of hydrogen-bond acceptors (Lipinski definition) is 3. The molecule has 5 heteroatoms. The molecule has 2 N–H and O–H groups in total. The van der Waals surface area contributed by atoms with Gasteiger partial charge in [-0.3, -0.25) is 9.59 Å². The van der Waals surface area contributed by atoms with Gasteiger partial charge in [0.15, 0.2) is 0 Å². The Morgan fingerprint density at radius 1 is 1.14 bits per heavy atom. The third-order valence-corrected chi connectivity index (χ3v) is 4.81. The molecule has 0 aromatic carbocycles. The lowest BCUT2D eigenvalue weighted by molar-refractivity contribution is -0.137. The Labute approximate surface area is 130 Å². The van der Waals surface area contributed by atoms with Crippen LogP contribution in [0.15, 0.2) is 22.8 Å². The second kappa shape index (κ2) is 6.55. The SMILES string of the molecule is O=C(NCc1ccco1)C1(C(=O)NC2CCCCCC2)CC1. The quantitative estimate of drug-likeness (QED) is 0.648. The Morgan fingerprint density at radius 2 is 1.86 bits per heavy atom. The van der Waals surface area contributed by atoms with Crippen molar-refractivity contribution in [3.05, 3.63) is 24.2 Å². The van der Waals surface area contributed by atoms with Gasteiger partial charge in [0.2, 0.25) is 11.8 Å². The smallest absolute Gasteiger partial charge is 0.236 e. The molecule has 2 aliphatic rings. The largest absolute Gasteiger partial charge is 0.467 e. The van der Waals surface area contributed by atoms with Crippen LogP contribution >= 0.6 is 0 Å². The van der Waals surface area contributed by atoms with Gasteiger partial charge in [-0.05, 0) is 37.8 Å². The van der Waals surface area contributed by atoms with Crippen LogP contribution in [0.25, 0.3) is 0 Å². The minimum atomic E-state index is -0.834. The molecule has 0 atom stereocenters. The van der Waals surface area contributed by atoms with Gasteiger partial charge in [-0.1, -0.05) is 25.7 Å². The molecule has 0 aliphatic heterocycles. The number of carbonyl (C=O) groups is 2. The van der Waals surface area contributed by atoms with Crippen LogP contribution < -0.4 is 10.6 Å². The van der Waals surface area contributed by atoms with E-state index in [9.17, 15) is 9.59 Å². The van der Waals surface area contributed by atoms with E-state index in [1.54, 1.807) is 12.3 Å². The Bertz CT molecular complexity index is 512. The first-order valence-electron chi connectivity index (χ1n) is 8.32. The van der Waals surface area contributed by atoms with Crippen molar-refractivity contribution in [1.29, 1.82) is 0 Å². The number of hydrogen-bond donors (Lipinski definition) is 2. The van der Waals surface area contributed by atoms with Crippen molar-refractivity contribution in [3.8, 4) is 0 Å². The molecule has 0 radical (unpaired) electrons. The van der Waals surface area contributed by atoms with Crippen molar-refractivity contribution < 1.29 is 14.0 Å². The molecule has 22 heavy (non-hydrogen) atoms. The van der Waals surface area contributed by atoms with E-state index < -0.39 is 5.41 Å². The number of rotatable bonds is 5. The molecule has 0 bridgehead atoms. The summed E-state index contributed by atoms with van der Waals surface area (Å²) in [5, 5.41) is 5.94. The molecular weight excluding hydrogens is 280 g/mol. The Morgan fingerprint density at radius 3 is 2.45 bits per heavy atom. The van der Waals surface area contributed by atoms with Gasteiger partial charge in [0, 0.05) is 6.04 Å². The molecule has 3 rings (SSSR count). The van der Waals surface area contributed by atoms with Crippen molar-refractivity contribution in [3.63, 3.8) is 0 Å². The topological polar surface area (TPSA) is 71.3 Å². The molecule has 2 saturated carbocycles. The standard InChI is InChI=1S/C17H24N2O3/c20-15(18-12-14-8-5-11-22-14)17(9-10-17)16(21)19-13-6-3-1-2-4-7-13/h5,8,11,13H,1-4,6-7,9-10,12H2,(H,18,20)(H,19,21). The van der Waals surface area contributed by atoms with E-state index in [0.717, 1.165) is 12.8 Å². The molecule has 2 aliphatic carbocycles. The maximum absolute atomic E-state index is 12.5. The zero-order chi connectivity index (χ0) is 15.4. The third-order valence-electron chi connectivity index (χ3n) is 4.81. The summed E-state index contributed by atoms with van der Waals surface area (Å²) in [6.07, 6.45) is 9.79. The summed E-state index contributed by atoms with van der Waals surface area (Å²) in [4.78, 5) is 24.9. The summed E-state index contributed by atoms with van der Waals surface area (Å²) in [5.74, 6) is 0.444. The van der Waals surface area contributed by atoms with Gasteiger partial charge in [-0.2, -0.15) is 0 Å². The first-order valence-corrected chi connectivity index (χ1v) is 8.32. The molecule has 5 nitrogen and oxygen atoms in total. The first kappa shape index (κ1) is 15.1. The molecule has 120 valence electrons. The second-order valence-electron chi connectivity index (χ2n) is 6.51. The Balaban J connectivity index is 1.52. The lowest BCUT2D eigenvalue weighted by atomic mass is 10.0. The zero-order valence-corrected chi connectivity index (χ0v) is 12.9. The van der Waals surface area contributed by atoms with Gasteiger partial charge in [-0.25, -0.2) is 0 Å². The predicted octanol–water partition coefficient (Wildman–Crippen LogP) is 2.51. The van der Waals surface area contributed by atoms with Crippen LogP contribution in [-0.4, -0.2) is 17.9 Å². The van der Waals surface area contributed by atoms with E-state index in [4.69, 9.17) is 4.42 Å². The molecular formula is C17H24N2O3. The first-order chi connectivity index (χ1) is 10.7. The van der Waals surface area contributed by atoms with Crippen molar-refractivity contribution >= 4 is 11.8 Å². The summed E-state index contributed by atoms with van der Waals surface area (Å²) in [6, 6.07) is 3.84. The highest BCUT2D eigenvalue weighted by Crippen LogP contribution is 2.46. The van der Waals surface area contributed by atoms with Crippen molar-refractivity contribution in [1.82, 2.24) is 10.6 Å². The van der Waals surface area contributed by atoms with E-state index in [1.165, 1.54) is 25.7 Å². The third kappa shape index (κ3) is 3.34. The summed E-state index contributed by atoms with van der Waals surface area (Å²) in [7, 11) is 0. The second-order valence-corrected chi connectivity index (χ2v) is 6.51. The predicted molar refractivity (Wildman–Crippen MR) is 81.9 cm³/mol. The molecule has 2 amide bonds. The van der Waals surface area contributed by atoms with Gasteiger partial charge in [0.05, 0.1) is 12.8 Å². The highest BCUT2D eigenvalue weighted by atomic mass is 16.3. The average Bonchev–Trinajstić information content (AvgIpc) is 3.24. The van der Waals surface area contributed by atoms with E-state index >= 15 is 0 Å². The Hall–Kier alpha value is -1.78. The number of furan rings is 1. The summed E-state index contributed by atoms with van der Waals surface area (Å²) >= 11 is 0. The van der Waals surface area contributed by atoms with Crippen molar-refractivity contribution in [2.24, 2.45) is 5.41 Å². The van der Waals surface area contributed by atoms with E-state index in [0.29, 0.717) is 25.1 Å². The van der Waals surface area contributed by atoms with Crippen LogP contribution in [0, 0.1) is 5.41 Å². The van der Waals surface area contributed by atoms with E-state index in [1.807, 2.05) is 6.07 Å². The molecule has 1 heterocycles. The molecule has 2 fully saturated rings. The molecule has 0 spiro atoms. The minimum absolute atomic E-state index is 0.0867. The number of amides is 2. The highest BCUT2D eigenvalue weighted by molar-refractivity contribution is 6.07. The minimum Gasteiger partial charge on any atom is -0.467 e. The molecule has 0 unspecified atom stereocenters. The highest BCUT2D eigenvalue weighted by Gasteiger charge is 2.56. The van der Waals surface area contributed by atoms with Gasteiger partial charge in [0.1, 0.15) is 11.2 Å². The van der Waals surface area contributed by atoms with Crippen LogP contribution in [0.1, 0.15) is 57.1 Å². The monoisotopic (exact) mass is 304 g/mol. The molecule has 1 aromatic rings. The van der Waals surface area contributed by atoms with Crippen molar-refractivity contribution in [2.45, 2.75) is 64.0 Å². The number of nitrogens with one attached hydrogen (secondary N) is 2. The van der Waals surface area contributed by atoms with E-state index in [2.05, 4.69) is 10.6 Å². The van der Waals surface area contributed by atoms with Gasteiger partial charge < -0.3 is 15.1 Å². The normalized spacial score (nSPS) is 20.9. The van der Waals surface area contributed by atoms with Gasteiger partial charge in [-0.15, -0.1) is 0 Å². The zero-order valence-electron chi connectivity index (χ0n) is 12.9. The summed E-state index contributed by atoms with van der Waals surface area (Å²) < 4.78 is 5.20. The van der Waals surface area contributed by atoms with Gasteiger partial charge in [0.25, 0.3) is 0 Å². The maximum Gasteiger partial charge on any atom is 0.236 e. The van der Waals surface area contributed by atoms with Crippen LogP contribution in [0.3, 0.4) is 0 Å². The fourth-order valence-electron chi connectivity index (χ4n) is 3.18. The average molecular weight is 304 g/mol. The summed E-state index contributed by atoms with van der Waals surface area (Å²) in [6.45, 7) is 0.338. The number of carbonyl (C=O) groups excluding carboxylic acids is 2. The van der Waals surface area contributed by atoms with Gasteiger partial charge >= 0.3 is 0 Å². The Kier molecular flexibility index (Phi) is 4.50. The molecule has 0 saturated heterocycles. The van der Waals surface area contributed by atoms with Crippen LogP contribution in [0.2, 0.25) is 0 Å². The summed E-state index contributed by atoms with van der Waals surface area (Å²) in [5.41, 5.74) is -0.834. The molecule has 1 aromatic heterocycles. The fraction of sp³-hybridized carbons (Fsp3) is 0.647. The van der Waals surface area contributed by atoms with Crippen LogP contribution in [0.4, 0.5) is 0 Å². The lowest BCUT2D eigenvalue weighted by Gasteiger charge is -2.20. The van der Waals surface area contributed by atoms with E-state index in [-0.39, 0.29) is 17.9 Å². The lowest BCUT2D eigenvalue weighted by Crippen LogP contribution is -2.46. The fourth-order valence-corrected chi connectivity index (χ4v) is 3.18.